The number of hydrogen-bond acceptors (Lipinski definition) is 20. The van der Waals surface area contributed by atoms with Crippen molar-refractivity contribution in [3.05, 3.63) is 42.7 Å². The van der Waals surface area contributed by atoms with Crippen LogP contribution in [0.5, 0.6) is 0 Å². The van der Waals surface area contributed by atoms with Crippen molar-refractivity contribution in [3.8, 4) is 0 Å². The number of hydrogen-bond donors (Lipinski definition) is 10. The molecule has 332 valence electrons. The van der Waals surface area contributed by atoms with E-state index in [0.29, 0.717) is 0 Å². The van der Waals surface area contributed by atoms with Gasteiger partial charge in [0.2, 0.25) is 0 Å². The van der Waals surface area contributed by atoms with Crippen molar-refractivity contribution in [2.45, 2.75) is 24.4 Å². The minimum absolute atomic E-state index is 0. The molecule has 0 radical (unpaired) electrons. The molecule has 0 spiro atoms. The summed E-state index contributed by atoms with van der Waals surface area (Å²) in [4.78, 5) is 0. The predicted octanol–water partition coefficient (Wildman–Crippen LogP) is -3.77. The molecular weight excluding hydrogens is 2310 g/mol. The molecule has 0 rings (SSSR count). The van der Waals surface area contributed by atoms with Gasteiger partial charge in [0.05, 0.1) is 116 Å². The van der Waals surface area contributed by atoms with Crippen LogP contribution >= 0.6 is 0 Å². The molecular formula is C32H66O20Rf6-6. The number of ether oxygens (including phenoxy) is 10. The zero-order chi connectivity index (χ0) is 40.5. The molecule has 26 heteroatoms. The van der Waals surface area contributed by atoms with E-state index in [1.54, 1.807) is 0 Å². The fraction of sp³-hybridized carbons (Fsp3) is 0.812. The van der Waals surface area contributed by atoms with Gasteiger partial charge in [-0.15, -0.1) is 0 Å². The van der Waals surface area contributed by atoms with Crippen molar-refractivity contribution in [2.75, 3.05) is 132 Å². The first-order valence-electron chi connectivity index (χ1n) is 15.8. The number of rotatable bonds is 32. The van der Waals surface area contributed by atoms with E-state index in [2.05, 4.69) is 71.1 Å². The minimum atomic E-state index is -0.774. The molecule has 0 aliphatic rings. The van der Waals surface area contributed by atoms with Crippen LogP contribution in [-0.4, -0.2) is 208 Å². The van der Waals surface area contributed by atoms with Gasteiger partial charge in [-0.1, -0.05) is 0 Å². The topological polar surface area (TPSA) is 295 Å². The third kappa shape index (κ3) is 47.2. The molecule has 4 atom stereocenters. The number of aliphatic hydroxyl groups excluding tert-OH is 10. The summed E-state index contributed by atoms with van der Waals surface area (Å²) in [7, 11) is 18.8. The third-order valence-electron chi connectivity index (χ3n) is 5.93. The van der Waals surface area contributed by atoms with Gasteiger partial charge in [0.1, 0.15) is 12.2 Å². The maximum Gasteiger partial charge on any atom is 0.101 e. The van der Waals surface area contributed by atoms with Crippen LogP contribution in [-0.2, 0) is 47.4 Å². The Kier molecular flexibility index (Phi) is 71.5. The minimum Gasteiger partial charge on any atom is -0.554 e. The summed E-state index contributed by atoms with van der Waals surface area (Å²) < 4.78 is 46.9. The normalized spacial score (nSPS) is 12.4. The summed E-state index contributed by atoms with van der Waals surface area (Å²) in [6.07, 6.45) is -3.00. The molecule has 0 saturated carbocycles. The molecule has 4 unspecified atom stereocenters. The Morgan fingerprint density at radius 2 is 0.534 bits per heavy atom. The van der Waals surface area contributed by atoms with Gasteiger partial charge in [-0.2, -0.15) is 0 Å². The molecule has 0 bridgehead atoms. The van der Waals surface area contributed by atoms with Crippen molar-refractivity contribution >= 4 is 0 Å². The van der Waals surface area contributed by atoms with E-state index in [4.69, 9.17) is 59.8 Å². The molecule has 0 fully saturated rings. The summed E-state index contributed by atoms with van der Waals surface area (Å²) in [6, 6.07) is 0. The van der Waals surface area contributed by atoms with Crippen molar-refractivity contribution in [1.29, 1.82) is 0 Å². The molecule has 0 aromatic heterocycles. The van der Waals surface area contributed by atoms with Crippen LogP contribution in [0.2, 0.25) is 0 Å². The van der Waals surface area contributed by atoms with E-state index in [9.17, 15) is 10.2 Å². The Bertz CT molecular complexity index is 617. The molecule has 0 amide bonds. The predicted molar refractivity (Wildman–Crippen MR) is 183 cm³/mol. The second-order valence-electron chi connectivity index (χ2n) is 11.1. The summed E-state index contributed by atoms with van der Waals surface area (Å²) in [5.74, 6) is 0. The van der Waals surface area contributed by atoms with E-state index in [1.807, 2.05) is 0 Å². The van der Waals surface area contributed by atoms with Gasteiger partial charge < -0.3 is 98.4 Å². The maximum absolute atomic E-state index is 9.26. The number of aliphatic hydroxyl groups is 10. The van der Waals surface area contributed by atoms with Gasteiger partial charge in [0.25, 0.3) is 0 Å². The van der Waals surface area contributed by atoms with Crippen molar-refractivity contribution in [1.82, 2.24) is 0 Å². The van der Waals surface area contributed by atoms with Crippen LogP contribution in [0.3, 0.4) is 0 Å². The standard InChI is InChI=1S/2C9H19O6.2C7H14O4.6Rf/c2*1-13-4-8(11)6-15-7-9(12)5-14-3-2-10;2*1-10-5-7(3-8,4-9)6-11-2;;;;;;/h2*8-12H,1-7H2;2*8-9H,1-6H2;;;;;;/q2*-1;2*-2;;;;;;. The van der Waals surface area contributed by atoms with Crippen LogP contribution in [0.1, 0.15) is 0 Å². The van der Waals surface area contributed by atoms with E-state index in [1.165, 1.54) is 0 Å². The van der Waals surface area contributed by atoms with Crippen LogP contribution < -0.4 is 0 Å². The molecule has 0 heterocycles. The Labute approximate surface area is 308 Å². The molecule has 0 aromatic carbocycles. The van der Waals surface area contributed by atoms with E-state index in [0.717, 1.165) is 0 Å². The smallest absolute Gasteiger partial charge is 0.101 e. The zero-order valence-electron chi connectivity index (χ0n) is 34.5. The van der Waals surface area contributed by atoms with E-state index >= 15 is 0 Å². The van der Waals surface area contributed by atoms with Gasteiger partial charge in [-0.3, -0.25) is 0 Å². The first-order chi connectivity index (χ1) is 24.9. The second-order valence-corrected chi connectivity index (χ2v) is 11.1. The molecule has 58 heavy (non-hydrogen) atoms. The average molecular weight is 2370 g/mol. The third-order valence-corrected chi connectivity index (χ3v) is 5.93. The Morgan fingerprint density at radius 1 is 0.328 bits per heavy atom. The van der Waals surface area contributed by atoms with Crippen molar-refractivity contribution in [2.24, 2.45) is 10.8 Å². The summed E-state index contributed by atoms with van der Waals surface area (Å²) in [5, 5.41) is 89.0. The Hall–Kier alpha value is -6.80. The zero-order valence-corrected chi connectivity index (χ0v) is 72.9. The van der Waals surface area contributed by atoms with Gasteiger partial charge >= 0.3 is 0 Å². The second kappa shape index (κ2) is 54.5. The maximum atomic E-state index is 9.26. The quantitative estimate of drug-likeness (QED) is 0.0229. The Morgan fingerprint density at radius 3 is 0.707 bits per heavy atom. The molecule has 0 aliphatic heterocycles. The molecule has 0 aromatic rings. The summed E-state index contributed by atoms with van der Waals surface area (Å²) >= 11 is 0. The summed E-state index contributed by atoms with van der Waals surface area (Å²) in [6.45, 7) is 0.643. The monoisotopic (exact) mass is 2370 g/mol. The fourth-order valence-electron chi connectivity index (χ4n) is 3.13. The van der Waals surface area contributed by atoms with Crippen LogP contribution in [0.4, 0.5) is 0 Å². The largest absolute Gasteiger partial charge is 0.554 e. The van der Waals surface area contributed by atoms with Crippen LogP contribution in [0.15, 0.2) is 0 Å². The van der Waals surface area contributed by atoms with Crippen LogP contribution in [0.25, 0.3) is 0 Å². The van der Waals surface area contributed by atoms with E-state index < -0.39 is 35.2 Å². The first-order valence-corrected chi connectivity index (χ1v) is 15.8. The molecule has 10 N–H and O–H groups in total. The molecule has 0 saturated heterocycles. The Balaban J connectivity index is -0.0000000646. The van der Waals surface area contributed by atoms with E-state index in [-0.39, 0.29) is 132 Å². The van der Waals surface area contributed by atoms with Gasteiger partial charge in [-0.05, 0) is 0 Å². The van der Waals surface area contributed by atoms with Crippen LogP contribution in [0, 0.1) is 53.5 Å². The SMILES string of the molecule is [CH2-]OCC(CO)(CO)CO[CH2-].[CH2-]OCC(CO)(CO)CO[CH2-].[CH2-]OCC(O)COCC(O)COCCO.[CH2-]OCC(O)COCC(O)COCCO.[Rf].[Rf].[Rf].[Rf].[Rf].[Rf]. The molecule has 20 nitrogen and oxygen atoms in total. The van der Waals surface area contributed by atoms with Crippen molar-refractivity contribution in [3.63, 3.8) is 0 Å². The molecule has 0 aliphatic carbocycles. The average Bonchev–Trinajstić information content (AvgIpc) is 3.12. The fourth-order valence-corrected chi connectivity index (χ4v) is 3.13. The van der Waals surface area contributed by atoms with Gasteiger partial charge in [0.15, 0.2) is 0 Å². The summed E-state index contributed by atoms with van der Waals surface area (Å²) in [5.41, 5.74) is -1.55. The van der Waals surface area contributed by atoms with Gasteiger partial charge in [0, 0.05) is 39.6 Å². The van der Waals surface area contributed by atoms with Crippen molar-refractivity contribution < 1.29 is 98.4 Å². The van der Waals surface area contributed by atoms with Gasteiger partial charge in [-0.25, -0.2) is 42.7 Å². The first kappa shape index (κ1) is 76.0.